The van der Waals surface area contributed by atoms with Crippen molar-refractivity contribution >= 4 is 29.1 Å². The number of carbonyl (C=O) groups is 1. The number of pyridine rings is 1. The van der Waals surface area contributed by atoms with Crippen molar-refractivity contribution in [3.05, 3.63) is 40.7 Å². The Balaban J connectivity index is 1.82. The monoisotopic (exact) mass is 352 g/mol. The van der Waals surface area contributed by atoms with Gasteiger partial charge >= 0.3 is 0 Å². The zero-order chi connectivity index (χ0) is 16.6. The van der Waals surface area contributed by atoms with Crippen LogP contribution in [0.25, 0.3) is 0 Å². The van der Waals surface area contributed by atoms with Crippen LogP contribution in [0, 0.1) is 17.3 Å². The van der Waals surface area contributed by atoms with Crippen molar-refractivity contribution in [1.82, 2.24) is 9.88 Å². The van der Waals surface area contributed by atoms with Crippen LogP contribution in [-0.4, -0.2) is 22.3 Å². The second kappa shape index (κ2) is 6.45. The van der Waals surface area contributed by atoms with E-state index in [0.717, 1.165) is 31.4 Å². The molecule has 0 bridgehead atoms. The topological polar surface area (TPSA) is 33.2 Å². The van der Waals surface area contributed by atoms with Crippen LogP contribution in [0.4, 0.5) is 0 Å². The average Bonchev–Trinajstić information content (AvgIpc) is 3.07. The molecule has 0 N–H and O–H groups in total. The summed E-state index contributed by atoms with van der Waals surface area (Å²) in [6.45, 7) is 5.03. The maximum atomic E-state index is 13.1. The lowest BCUT2D eigenvalue weighted by Gasteiger charge is -2.36. The molecule has 0 aromatic carbocycles. The van der Waals surface area contributed by atoms with E-state index in [1.807, 2.05) is 23.2 Å². The Hall–Kier alpha value is -1.06. The quantitative estimate of drug-likeness (QED) is 0.787. The molecular formula is C18H22Cl2N2O. The molecule has 2 heterocycles. The lowest BCUT2D eigenvalue weighted by atomic mass is 9.95. The minimum Gasteiger partial charge on any atom is -0.335 e. The van der Waals surface area contributed by atoms with Crippen LogP contribution in [0.1, 0.15) is 44.7 Å². The summed E-state index contributed by atoms with van der Waals surface area (Å²) in [7, 11) is 0. The van der Waals surface area contributed by atoms with Crippen LogP contribution in [0.2, 0.25) is 0 Å². The van der Waals surface area contributed by atoms with Crippen molar-refractivity contribution < 1.29 is 4.79 Å². The van der Waals surface area contributed by atoms with E-state index in [4.69, 9.17) is 23.2 Å². The van der Waals surface area contributed by atoms with Crippen molar-refractivity contribution in [3.63, 3.8) is 0 Å². The highest BCUT2D eigenvalue weighted by molar-refractivity contribution is 6.55. The third-order valence-corrected chi connectivity index (χ3v) is 5.59. The van der Waals surface area contributed by atoms with E-state index >= 15 is 0 Å². The van der Waals surface area contributed by atoms with Gasteiger partial charge in [0.15, 0.2) is 0 Å². The molecular weight excluding hydrogens is 331 g/mol. The molecule has 2 fully saturated rings. The third-order valence-electron chi connectivity index (χ3n) is 5.34. The number of carbonyl (C=O) groups excluding carboxylic acids is 1. The second-order valence-electron chi connectivity index (χ2n) is 7.11. The highest BCUT2D eigenvalue weighted by atomic mass is 35.5. The fourth-order valence-corrected chi connectivity index (χ4v) is 4.16. The fraction of sp³-hybridized carbons (Fsp3) is 0.556. The zero-order valence-corrected chi connectivity index (χ0v) is 15.0. The van der Waals surface area contributed by atoms with Gasteiger partial charge in [-0.2, -0.15) is 0 Å². The summed E-state index contributed by atoms with van der Waals surface area (Å²) in [6, 6.07) is 4.14. The molecule has 3 atom stereocenters. The first-order valence-electron chi connectivity index (χ1n) is 8.16. The number of aromatic nitrogens is 1. The van der Waals surface area contributed by atoms with Gasteiger partial charge in [0.25, 0.3) is 0 Å². The lowest BCUT2D eigenvalue weighted by Crippen LogP contribution is -2.40. The lowest BCUT2D eigenvalue weighted by molar-refractivity contribution is -0.137. The molecule has 0 spiro atoms. The number of halogens is 2. The van der Waals surface area contributed by atoms with Gasteiger partial charge in [-0.1, -0.05) is 43.1 Å². The van der Waals surface area contributed by atoms with E-state index in [2.05, 4.69) is 24.9 Å². The number of piperidine rings is 1. The molecule has 124 valence electrons. The fourth-order valence-electron chi connectivity index (χ4n) is 3.89. The van der Waals surface area contributed by atoms with Crippen molar-refractivity contribution in [2.75, 3.05) is 6.54 Å². The van der Waals surface area contributed by atoms with E-state index < -0.39 is 0 Å². The number of hydrogen-bond acceptors (Lipinski definition) is 2. The number of hydrogen-bond donors (Lipinski definition) is 0. The van der Waals surface area contributed by atoms with E-state index in [1.165, 1.54) is 0 Å². The van der Waals surface area contributed by atoms with Gasteiger partial charge in [0.2, 0.25) is 5.91 Å². The van der Waals surface area contributed by atoms with Crippen molar-refractivity contribution in [1.29, 1.82) is 0 Å². The van der Waals surface area contributed by atoms with E-state index in [1.54, 1.807) is 6.20 Å². The van der Waals surface area contributed by atoms with E-state index in [0.29, 0.717) is 0 Å². The predicted molar refractivity (Wildman–Crippen MR) is 93.1 cm³/mol. The van der Waals surface area contributed by atoms with Crippen LogP contribution in [0.3, 0.4) is 0 Å². The molecule has 1 saturated heterocycles. The smallest absolute Gasteiger partial charge is 0.227 e. The summed E-state index contributed by atoms with van der Waals surface area (Å²) in [5, 5.41) is 0. The number of rotatable bonds is 3. The molecule has 1 aliphatic carbocycles. The molecule has 1 saturated carbocycles. The summed E-state index contributed by atoms with van der Waals surface area (Å²) >= 11 is 11.6. The Morgan fingerprint density at radius 2 is 2.17 bits per heavy atom. The highest BCUT2D eigenvalue weighted by Gasteiger charge is 2.62. The first-order valence-corrected chi connectivity index (χ1v) is 8.91. The first-order chi connectivity index (χ1) is 10.9. The van der Waals surface area contributed by atoms with E-state index in [-0.39, 0.29) is 33.7 Å². The van der Waals surface area contributed by atoms with Crippen molar-refractivity contribution in [2.45, 2.75) is 39.2 Å². The Labute approximate surface area is 147 Å². The molecule has 23 heavy (non-hydrogen) atoms. The van der Waals surface area contributed by atoms with Gasteiger partial charge in [0.05, 0.1) is 12.0 Å². The molecule has 5 heteroatoms. The molecule has 3 unspecified atom stereocenters. The Morgan fingerprint density at radius 3 is 2.83 bits per heavy atom. The SMILES string of the molecule is CC1(C)C(C=C(Cl)Cl)C1C(=O)N1CCCCC1c1cccnc1. The van der Waals surface area contributed by atoms with Crippen LogP contribution >= 0.6 is 23.2 Å². The normalized spacial score (nSPS) is 29.0. The Morgan fingerprint density at radius 1 is 1.39 bits per heavy atom. The third kappa shape index (κ3) is 3.27. The second-order valence-corrected chi connectivity index (χ2v) is 8.12. The molecule has 1 aliphatic heterocycles. The predicted octanol–water partition coefficient (Wildman–Crippen LogP) is 4.73. The van der Waals surface area contributed by atoms with Gasteiger partial charge in [-0.15, -0.1) is 0 Å². The number of allylic oxidation sites excluding steroid dienone is 1. The minimum atomic E-state index is -0.0803. The minimum absolute atomic E-state index is 0.0349. The standard InChI is InChI=1S/C18H22Cl2N2O/c1-18(2)13(10-15(19)20)16(18)17(23)22-9-4-3-7-14(22)12-6-5-8-21-11-12/h5-6,8,10-11,13-14,16H,3-4,7,9H2,1-2H3. The van der Waals surface area contributed by atoms with Crippen LogP contribution in [-0.2, 0) is 4.79 Å². The molecule has 0 radical (unpaired) electrons. The van der Waals surface area contributed by atoms with Crippen molar-refractivity contribution in [3.8, 4) is 0 Å². The van der Waals surface area contributed by atoms with Gasteiger partial charge in [-0.25, -0.2) is 0 Å². The maximum Gasteiger partial charge on any atom is 0.227 e. The van der Waals surface area contributed by atoms with Crippen LogP contribution < -0.4 is 0 Å². The summed E-state index contributed by atoms with van der Waals surface area (Å²) in [6.07, 6.45) is 8.67. The average molecular weight is 353 g/mol. The van der Waals surface area contributed by atoms with Crippen LogP contribution in [0.15, 0.2) is 35.1 Å². The zero-order valence-electron chi connectivity index (χ0n) is 13.5. The van der Waals surface area contributed by atoms with Gasteiger partial charge in [-0.05, 0) is 48.3 Å². The number of nitrogens with zero attached hydrogens (tertiary/aromatic N) is 2. The number of likely N-dealkylation sites (tertiary alicyclic amines) is 1. The van der Waals surface area contributed by atoms with Crippen molar-refractivity contribution in [2.24, 2.45) is 17.3 Å². The molecule has 2 aliphatic rings. The summed E-state index contributed by atoms with van der Waals surface area (Å²) < 4.78 is 0.251. The molecule has 1 amide bonds. The molecule has 3 nitrogen and oxygen atoms in total. The van der Waals surface area contributed by atoms with Crippen LogP contribution in [0.5, 0.6) is 0 Å². The summed E-state index contributed by atoms with van der Waals surface area (Å²) in [5.41, 5.74) is 1.05. The van der Waals surface area contributed by atoms with E-state index in [9.17, 15) is 4.79 Å². The van der Waals surface area contributed by atoms with Gasteiger partial charge in [-0.3, -0.25) is 9.78 Å². The Bertz CT molecular complexity index is 611. The van der Waals surface area contributed by atoms with Gasteiger partial charge in [0.1, 0.15) is 4.49 Å². The largest absolute Gasteiger partial charge is 0.335 e. The summed E-state index contributed by atoms with van der Waals surface area (Å²) in [4.78, 5) is 19.4. The number of amides is 1. The Kier molecular flexibility index (Phi) is 4.70. The molecule has 3 rings (SSSR count). The maximum absolute atomic E-state index is 13.1. The molecule has 1 aromatic rings. The first kappa shape index (κ1) is 16.8. The highest BCUT2D eigenvalue weighted by Crippen LogP contribution is 2.61. The van der Waals surface area contributed by atoms with Gasteiger partial charge < -0.3 is 4.90 Å². The molecule has 1 aromatic heterocycles. The van der Waals surface area contributed by atoms with Gasteiger partial charge in [0, 0.05) is 18.9 Å². The summed E-state index contributed by atoms with van der Waals surface area (Å²) in [5.74, 6) is 0.308.